The minimum atomic E-state index is -0.641. The Morgan fingerprint density at radius 2 is 1.93 bits per heavy atom. The molecular weight excluding hydrogens is 368 g/mol. The molecule has 7 heteroatoms. The van der Waals surface area contributed by atoms with Gasteiger partial charge < -0.3 is 20.5 Å². The van der Waals surface area contributed by atoms with Gasteiger partial charge in [0.2, 0.25) is 0 Å². The van der Waals surface area contributed by atoms with Gasteiger partial charge in [0.1, 0.15) is 0 Å². The van der Waals surface area contributed by atoms with Gasteiger partial charge in [-0.05, 0) is 44.0 Å². The Hall–Kier alpha value is -2.73. The summed E-state index contributed by atoms with van der Waals surface area (Å²) in [6.45, 7) is 5.59. The summed E-state index contributed by atoms with van der Waals surface area (Å²) in [5, 5.41) is 3.11. The van der Waals surface area contributed by atoms with Crippen LogP contribution in [0.4, 0.5) is 0 Å². The van der Waals surface area contributed by atoms with E-state index in [1.165, 1.54) is 19.2 Å². The van der Waals surface area contributed by atoms with Crippen molar-refractivity contribution in [3.8, 4) is 11.5 Å². The third-order valence-corrected chi connectivity index (χ3v) is 4.38. The lowest BCUT2D eigenvalue weighted by Crippen LogP contribution is -2.27. The highest BCUT2D eigenvalue weighted by Gasteiger charge is 2.19. The second-order valence-corrected chi connectivity index (χ2v) is 6.71. The fourth-order valence-corrected chi connectivity index (χ4v) is 2.98. The lowest BCUT2D eigenvalue weighted by Gasteiger charge is -2.18. The maximum atomic E-state index is 12.7. The number of methoxy groups -OCH3 is 1. The molecule has 0 spiro atoms. The number of aryl methyl sites for hydroxylation is 2. The number of amides is 2. The summed E-state index contributed by atoms with van der Waals surface area (Å²) in [5.74, 6) is -0.535. The molecule has 0 aromatic heterocycles. The number of ether oxygens (including phenoxy) is 2. The van der Waals surface area contributed by atoms with E-state index < -0.39 is 5.91 Å². The van der Waals surface area contributed by atoms with E-state index in [-0.39, 0.29) is 35.1 Å². The molecule has 0 aliphatic carbocycles. The van der Waals surface area contributed by atoms with Crippen molar-refractivity contribution in [2.45, 2.75) is 26.8 Å². The molecule has 27 heavy (non-hydrogen) atoms. The van der Waals surface area contributed by atoms with Crippen molar-refractivity contribution >= 4 is 23.4 Å². The largest absolute Gasteiger partial charge is 0.493 e. The predicted octanol–water partition coefficient (Wildman–Crippen LogP) is 3.32. The van der Waals surface area contributed by atoms with Crippen molar-refractivity contribution in [2.75, 3.05) is 13.7 Å². The third kappa shape index (κ3) is 5.14. The van der Waals surface area contributed by atoms with E-state index in [0.29, 0.717) is 5.56 Å². The Kier molecular flexibility index (Phi) is 6.69. The number of halogens is 1. The first kappa shape index (κ1) is 20.6. The van der Waals surface area contributed by atoms with Crippen LogP contribution in [-0.4, -0.2) is 25.5 Å². The number of benzene rings is 2. The number of nitrogens with one attached hydrogen (secondary N) is 1. The van der Waals surface area contributed by atoms with E-state index in [4.69, 9.17) is 26.8 Å². The van der Waals surface area contributed by atoms with Gasteiger partial charge in [0.15, 0.2) is 18.1 Å². The second-order valence-electron chi connectivity index (χ2n) is 6.30. The van der Waals surface area contributed by atoms with E-state index in [9.17, 15) is 9.59 Å². The molecule has 1 atom stereocenters. The summed E-state index contributed by atoms with van der Waals surface area (Å²) in [6.07, 6.45) is 0. The van der Waals surface area contributed by atoms with E-state index in [2.05, 4.69) is 11.4 Å². The topological polar surface area (TPSA) is 90.7 Å². The number of hydrogen-bond acceptors (Lipinski definition) is 4. The molecule has 0 aliphatic rings. The summed E-state index contributed by atoms with van der Waals surface area (Å²) in [7, 11) is 1.42. The Labute approximate surface area is 163 Å². The van der Waals surface area contributed by atoms with Crippen LogP contribution < -0.4 is 20.5 Å². The number of primary amides is 1. The Balaban J connectivity index is 2.24. The van der Waals surface area contributed by atoms with Crippen LogP contribution in [0.15, 0.2) is 30.3 Å². The molecule has 0 bridgehead atoms. The highest BCUT2D eigenvalue weighted by atomic mass is 35.5. The molecule has 0 aliphatic heterocycles. The standard InChI is InChI=1S/C20H23ClN2O4/c1-11-5-6-12(2)15(7-11)13(3)23-20(25)14-8-16(21)19(17(9-14)26-4)27-10-18(22)24/h5-9,13H,10H2,1-4H3,(H2,22,24)(H,23,25). The summed E-state index contributed by atoms with van der Waals surface area (Å²) < 4.78 is 10.5. The van der Waals surface area contributed by atoms with Crippen molar-refractivity contribution in [2.24, 2.45) is 5.73 Å². The van der Waals surface area contributed by atoms with Crippen LogP contribution in [0.1, 0.15) is 40.0 Å². The minimum absolute atomic E-state index is 0.153. The van der Waals surface area contributed by atoms with Gasteiger partial charge in [0, 0.05) is 5.56 Å². The number of carbonyl (C=O) groups excluding carboxylic acids is 2. The fourth-order valence-electron chi connectivity index (χ4n) is 2.72. The summed E-state index contributed by atoms with van der Waals surface area (Å²) in [4.78, 5) is 23.6. The molecule has 2 aromatic carbocycles. The molecule has 0 heterocycles. The maximum Gasteiger partial charge on any atom is 0.255 e. The monoisotopic (exact) mass is 390 g/mol. The molecule has 2 aromatic rings. The van der Waals surface area contributed by atoms with Crippen molar-refractivity contribution in [3.63, 3.8) is 0 Å². The molecule has 0 radical (unpaired) electrons. The Morgan fingerprint density at radius 3 is 2.56 bits per heavy atom. The van der Waals surface area contributed by atoms with E-state index in [0.717, 1.165) is 16.7 Å². The van der Waals surface area contributed by atoms with Crippen molar-refractivity contribution in [1.29, 1.82) is 0 Å². The van der Waals surface area contributed by atoms with Gasteiger partial charge in [-0.3, -0.25) is 9.59 Å². The fraction of sp³-hybridized carbons (Fsp3) is 0.300. The highest BCUT2D eigenvalue weighted by Crippen LogP contribution is 2.36. The SMILES string of the molecule is COc1cc(C(=O)NC(C)c2cc(C)ccc2C)cc(Cl)c1OCC(N)=O. The molecule has 6 nitrogen and oxygen atoms in total. The summed E-state index contributed by atoms with van der Waals surface area (Å²) >= 11 is 6.20. The van der Waals surface area contributed by atoms with Crippen LogP contribution in [0.25, 0.3) is 0 Å². The first-order valence-corrected chi connectivity index (χ1v) is 8.77. The number of hydrogen-bond donors (Lipinski definition) is 2. The second kappa shape index (κ2) is 8.77. The van der Waals surface area contributed by atoms with Gasteiger partial charge in [-0.25, -0.2) is 0 Å². The van der Waals surface area contributed by atoms with E-state index in [1.54, 1.807) is 0 Å². The first-order chi connectivity index (χ1) is 12.7. The molecule has 1 unspecified atom stereocenters. The molecule has 3 N–H and O–H groups in total. The van der Waals surface area contributed by atoms with Gasteiger partial charge in [-0.1, -0.05) is 35.4 Å². The smallest absolute Gasteiger partial charge is 0.255 e. The Morgan fingerprint density at radius 1 is 1.22 bits per heavy atom. The molecule has 144 valence electrons. The van der Waals surface area contributed by atoms with Gasteiger partial charge in [-0.15, -0.1) is 0 Å². The quantitative estimate of drug-likeness (QED) is 0.758. The predicted molar refractivity (Wildman–Crippen MR) is 104 cm³/mol. The van der Waals surface area contributed by atoms with Crippen LogP contribution >= 0.6 is 11.6 Å². The number of nitrogens with two attached hydrogens (primary N) is 1. The van der Waals surface area contributed by atoms with Gasteiger partial charge in [0.05, 0.1) is 18.2 Å². The lowest BCUT2D eigenvalue weighted by atomic mass is 9.99. The molecule has 0 saturated heterocycles. The van der Waals surface area contributed by atoms with Crippen molar-refractivity contribution in [1.82, 2.24) is 5.32 Å². The normalized spacial score (nSPS) is 11.6. The molecule has 0 saturated carbocycles. The zero-order chi connectivity index (χ0) is 20.1. The van der Waals surface area contributed by atoms with E-state index in [1.807, 2.05) is 32.9 Å². The van der Waals surface area contributed by atoms with Crippen molar-refractivity contribution in [3.05, 3.63) is 57.6 Å². The van der Waals surface area contributed by atoms with Crippen LogP contribution in [-0.2, 0) is 4.79 Å². The van der Waals surface area contributed by atoms with Crippen LogP contribution in [0, 0.1) is 13.8 Å². The molecule has 2 amide bonds. The molecule has 0 fully saturated rings. The average molecular weight is 391 g/mol. The van der Waals surface area contributed by atoms with Crippen LogP contribution in [0.3, 0.4) is 0 Å². The first-order valence-electron chi connectivity index (χ1n) is 8.39. The van der Waals surface area contributed by atoms with Gasteiger partial charge in [0.25, 0.3) is 11.8 Å². The molecular formula is C20H23ClN2O4. The maximum absolute atomic E-state index is 12.7. The number of rotatable bonds is 7. The van der Waals surface area contributed by atoms with Crippen LogP contribution in [0.2, 0.25) is 5.02 Å². The number of carbonyl (C=O) groups is 2. The van der Waals surface area contributed by atoms with Gasteiger partial charge >= 0.3 is 0 Å². The highest BCUT2D eigenvalue weighted by molar-refractivity contribution is 6.32. The summed E-state index contributed by atoms with van der Waals surface area (Å²) in [5.41, 5.74) is 8.66. The average Bonchev–Trinajstić information content (AvgIpc) is 2.61. The summed E-state index contributed by atoms with van der Waals surface area (Å²) in [6, 6.07) is 8.89. The minimum Gasteiger partial charge on any atom is -0.493 e. The molecule has 2 rings (SSSR count). The zero-order valence-corrected chi connectivity index (χ0v) is 16.5. The Bertz CT molecular complexity index is 867. The lowest BCUT2D eigenvalue weighted by molar-refractivity contribution is -0.119. The van der Waals surface area contributed by atoms with Crippen molar-refractivity contribution < 1.29 is 19.1 Å². The van der Waals surface area contributed by atoms with E-state index >= 15 is 0 Å². The van der Waals surface area contributed by atoms with Gasteiger partial charge in [-0.2, -0.15) is 0 Å². The third-order valence-electron chi connectivity index (χ3n) is 4.10. The zero-order valence-electron chi connectivity index (χ0n) is 15.8. The van der Waals surface area contributed by atoms with Crippen LogP contribution in [0.5, 0.6) is 11.5 Å².